The van der Waals surface area contributed by atoms with Crippen LogP contribution in [0.25, 0.3) is 6.08 Å². The fraction of sp³-hybridized carbons (Fsp3) is 0.200. The van der Waals surface area contributed by atoms with Gasteiger partial charge in [0.1, 0.15) is 5.75 Å². The Labute approximate surface area is 151 Å². The van der Waals surface area contributed by atoms with Crippen LogP contribution in [0.15, 0.2) is 48.5 Å². The molecule has 0 saturated heterocycles. The van der Waals surface area contributed by atoms with E-state index in [0.29, 0.717) is 22.8 Å². The van der Waals surface area contributed by atoms with Crippen molar-refractivity contribution in [1.82, 2.24) is 0 Å². The van der Waals surface area contributed by atoms with Crippen LogP contribution in [0.3, 0.4) is 0 Å². The van der Waals surface area contributed by atoms with E-state index < -0.39 is 5.97 Å². The van der Waals surface area contributed by atoms with Crippen molar-refractivity contribution in [2.24, 2.45) is 0 Å². The summed E-state index contributed by atoms with van der Waals surface area (Å²) in [5.74, 6) is 0.622. The average Bonchev–Trinajstić information content (AvgIpc) is 2.69. The number of carbonyl (C=O) groups excluding carboxylic acids is 2. The van der Waals surface area contributed by atoms with Gasteiger partial charge in [-0.25, -0.2) is 4.79 Å². The van der Waals surface area contributed by atoms with Crippen molar-refractivity contribution in [2.45, 2.75) is 0 Å². The topological polar surface area (TPSA) is 71.1 Å². The third kappa shape index (κ3) is 4.86. The maximum Gasteiger partial charge on any atom is 0.331 e. The van der Waals surface area contributed by atoms with Gasteiger partial charge in [0.15, 0.2) is 18.1 Å². The normalized spacial score (nSPS) is 10.4. The van der Waals surface area contributed by atoms with Crippen LogP contribution in [0.5, 0.6) is 17.2 Å². The molecule has 0 bridgehead atoms. The minimum atomic E-state index is -0.622. The van der Waals surface area contributed by atoms with E-state index in [1.165, 1.54) is 20.3 Å². The van der Waals surface area contributed by atoms with Crippen LogP contribution in [-0.2, 0) is 9.53 Å². The number of Topliss-reactive ketones (excluding diaryl/α,β-unsaturated/α-hetero) is 1. The van der Waals surface area contributed by atoms with E-state index in [9.17, 15) is 9.59 Å². The number of hydrogen-bond acceptors (Lipinski definition) is 6. The van der Waals surface area contributed by atoms with Crippen molar-refractivity contribution in [1.29, 1.82) is 0 Å². The summed E-state index contributed by atoms with van der Waals surface area (Å²) in [7, 11) is 4.55. The van der Waals surface area contributed by atoms with E-state index >= 15 is 0 Å². The van der Waals surface area contributed by atoms with Gasteiger partial charge in [-0.15, -0.1) is 0 Å². The largest absolute Gasteiger partial charge is 0.496 e. The van der Waals surface area contributed by atoms with Crippen molar-refractivity contribution < 1.29 is 28.5 Å². The minimum absolute atomic E-state index is 0.338. The molecule has 2 aromatic rings. The molecule has 0 amide bonds. The van der Waals surface area contributed by atoms with Gasteiger partial charge in [0.05, 0.1) is 26.9 Å². The predicted molar refractivity (Wildman–Crippen MR) is 96.9 cm³/mol. The summed E-state index contributed by atoms with van der Waals surface area (Å²) in [6, 6.07) is 12.0. The minimum Gasteiger partial charge on any atom is -0.496 e. The van der Waals surface area contributed by atoms with E-state index in [1.807, 2.05) is 0 Å². The molecule has 0 fully saturated rings. The summed E-state index contributed by atoms with van der Waals surface area (Å²) in [5, 5.41) is 0. The van der Waals surface area contributed by atoms with E-state index in [2.05, 4.69) is 0 Å². The Morgan fingerprint density at radius 2 is 1.58 bits per heavy atom. The Hall–Kier alpha value is -3.28. The Balaban J connectivity index is 1.96. The van der Waals surface area contributed by atoms with Gasteiger partial charge in [0, 0.05) is 6.08 Å². The van der Waals surface area contributed by atoms with E-state index in [-0.39, 0.29) is 12.4 Å². The summed E-state index contributed by atoms with van der Waals surface area (Å²) < 4.78 is 20.5. The first-order valence-electron chi connectivity index (χ1n) is 7.82. The monoisotopic (exact) mass is 356 g/mol. The lowest BCUT2D eigenvalue weighted by Gasteiger charge is -2.08. The molecule has 0 aliphatic carbocycles. The van der Waals surface area contributed by atoms with Gasteiger partial charge in [-0.1, -0.05) is 18.2 Å². The molecule has 2 aromatic carbocycles. The maximum absolute atomic E-state index is 12.1. The summed E-state index contributed by atoms with van der Waals surface area (Å²) >= 11 is 0. The number of ether oxygens (including phenoxy) is 4. The highest BCUT2D eigenvalue weighted by molar-refractivity contribution is 6.01. The molecule has 6 heteroatoms. The van der Waals surface area contributed by atoms with Gasteiger partial charge in [-0.05, 0) is 35.9 Å². The van der Waals surface area contributed by atoms with Crippen LogP contribution in [0.2, 0.25) is 0 Å². The SMILES string of the molecule is COc1ccc(/C=C/C(=O)OCC(=O)c2ccccc2OC)cc1OC. The van der Waals surface area contributed by atoms with Crippen molar-refractivity contribution in [3.63, 3.8) is 0 Å². The zero-order valence-electron chi connectivity index (χ0n) is 14.9. The molecular formula is C20H20O6. The van der Waals surface area contributed by atoms with Gasteiger partial charge in [-0.3, -0.25) is 4.79 Å². The zero-order chi connectivity index (χ0) is 18.9. The molecule has 6 nitrogen and oxygen atoms in total. The number of ketones is 1. The summed E-state index contributed by atoms with van der Waals surface area (Å²) in [6.45, 7) is -0.366. The predicted octanol–water partition coefficient (Wildman–Crippen LogP) is 3.15. The molecule has 0 spiro atoms. The first-order valence-corrected chi connectivity index (χ1v) is 7.82. The molecule has 26 heavy (non-hydrogen) atoms. The molecule has 136 valence electrons. The summed E-state index contributed by atoms with van der Waals surface area (Å²) in [4.78, 5) is 24.0. The summed E-state index contributed by atoms with van der Waals surface area (Å²) in [5.41, 5.74) is 1.10. The number of para-hydroxylation sites is 1. The second-order valence-electron chi connectivity index (χ2n) is 5.18. The van der Waals surface area contributed by atoms with Crippen LogP contribution < -0.4 is 14.2 Å². The second kappa shape index (κ2) is 9.27. The molecule has 0 aromatic heterocycles. The molecule has 2 rings (SSSR count). The van der Waals surface area contributed by atoms with Crippen LogP contribution >= 0.6 is 0 Å². The standard InChI is InChI=1S/C20H20O6/c1-23-17-7-5-4-6-15(17)16(21)13-26-20(22)11-9-14-8-10-18(24-2)19(12-14)25-3/h4-12H,13H2,1-3H3/b11-9+. The highest BCUT2D eigenvalue weighted by Crippen LogP contribution is 2.28. The summed E-state index contributed by atoms with van der Waals surface area (Å²) in [6.07, 6.45) is 2.81. The van der Waals surface area contributed by atoms with Crippen molar-refractivity contribution in [3.8, 4) is 17.2 Å². The molecule has 0 aliphatic heterocycles. The fourth-order valence-corrected chi connectivity index (χ4v) is 2.26. The molecule has 0 radical (unpaired) electrons. The smallest absolute Gasteiger partial charge is 0.331 e. The maximum atomic E-state index is 12.1. The van der Waals surface area contributed by atoms with E-state index in [4.69, 9.17) is 18.9 Å². The third-order valence-corrected chi connectivity index (χ3v) is 3.57. The van der Waals surface area contributed by atoms with Crippen LogP contribution in [0.1, 0.15) is 15.9 Å². The molecule has 0 aliphatic rings. The van der Waals surface area contributed by atoms with Gasteiger partial charge in [0.25, 0.3) is 0 Å². The molecule has 0 heterocycles. The highest BCUT2D eigenvalue weighted by atomic mass is 16.5. The number of benzene rings is 2. The highest BCUT2D eigenvalue weighted by Gasteiger charge is 2.13. The van der Waals surface area contributed by atoms with Gasteiger partial charge in [-0.2, -0.15) is 0 Å². The Kier molecular flexibility index (Phi) is 6.79. The Morgan fingerprint density at radius 3 is 2.27 bits per heavy atom. The Morgan fingerprint density at radius 1 is 0.885 bits per heavy atom. The van der Waals surface area contributed by atoms with Crippen LogP contribution in [0, 0.1) is 0 Å². The van der Waals surface area contributed by atoms with E-state index in [0.717, 1.165) is 5.56 Å². The molecule has 0 saturated carbocycles. The first-order chi connectivity index (χ1) is 12.6. The van der Waals surface area contributed by atoms with Crippen LogP contribution in [0.4, 0.5) is 0 Å². The number of rotatable bonds is 8. The quantitative estimate of drug-likeness (QED) is 0.411. The molecule has 0 N–H and O–H groups in total. The van der Waals surface area contributed by atoms with Crippen LogP contribution in [-0.4, -0.2) is 39.7 Å². The number of carbonyl (C=O) groups is 2. The number of esters is 1. The number of methoxy groups -OCH3 is 3. The van der Waals surface area contributed by atoms with Crippen molar-refractivity contribution in [2.75, 3.05) is 27.9 Å². The van der Waals surface area contributed by atoms with Crippen molar-refractivity contribution in [3.05, 3.63) is 59.7 Å². The van der Waals surface area contributed by atoms with Gasteiger partial charge >= 0.3 is 5.97 Å². The lowest BCUT2D eigenvalue weighted by molar-refractivity contribution is -0.136. The molecule has 0 atom stereocenters. The average molecular weight is 356 g/mol. The second-order valence-corrected chi connectivity index (χ2v) is 5.18. The number of hydrogen-bond donors (Lipinski definition) is 0. The first kappa shape index (κ1) is 19.1. The van der Waals surface area contributed by atoms with Gasteiger partial charge in [0.2, 0.25) is 5.78 Å². The lowest BCUT2D eigenvalue weighted by atomic mass is 10.1. The lowest BCUT2D eigenvalue weighted by Crippen LogP contribution is -2.13. The Bertz CT molecular complexity index is 810. The molecule has 0 unspecified atom stereocenters. The van der Waals surface area contributed by atoms with Crippen molar-refractivity contribution >= 4 is 17.8 Å². The molecular weight excluding hydrogens is 336 g/mol. The van der Waals surface area contributed by atoms with E-state index in [1.54, 1.807) is 55.7 Å². The van der Waals surface area contributed by atoms with Gasteiger partial charge < -0.3 is 18.9 Å². The zero-order valence-corrected chi connectivity index (χ0v) is 14.9. The third-order valence-electron chi connectivity index (χ3n) is 3.57. The fourth-order valence-electron chi connectivity index (χ4n) is 2.26.